The van der Waals surface area contributed by atoms with E-state index in [1.807, 2.05) is 0 Å². The third-order valence-electron chi connectivity index (χ3n) is 11.2. The molecule has 0 unspecified atom stereocenters. The molecule has 1 heteroatoms. The summed E-state index contributed by atoms with van der Waals surface area (Å²) in [6.45, 7) is 4.77. The zero-order valence-corrected chi connectivity index (χ0v) is 29.3. The molecule has 0 spiro atoms. The molecule has 0 N–H and O–H groups in total. The summed E-state index contributed by atoms with van der Waals surface area (Å²) in [6, 6.07) is 69.3. The van der Waals surface area contributed by atoms with E-state index in [9.17, 15) is 0 Å². The first-order valence-electron chi connectivity index (χ1n) is 18.2. The van der Waals surface area contributed by atoms with Gasteiger partial charge in [-0.3, -0.25) is 0 Å². The van der Waals surface area contributed by atoms with Gasteiger partial charge in [0.05, 0.1) is 0 Å². The van der Waals surface area contributed by atoms with Crippen molar-refractivity contribution < 1.29 is 0 Å². The molecule has 9 aromatic rings. The number of fused-ring (bicyclic) bond motifs is 4. The van der Waals surface area contributed by atoms with Crippen LogP contribution < -0.4 is 4.90 Å². The Bertz CT molecular complexity index is 2810. The largest absolute Gasteiger partial charge is 0.310 e. The summed E-state index contributed by atoms with van der Waals surface area (Å²) in [6.07, 6.45) is 0. The number of benzene rings is 9. The zero-order valence-electron chi connectivity index (χ0n) is 29.3. The molecular formula is C51H37N. The number of rotatable bonds is 5. The topological polar surface area (TPSA) is 3.24 Å². The third kappa shape index (κ3) is 4.85. The third-order valence-corrected chi connectivity index (χ3v) is 11.2. The average molecular weight is 664 g/mol. The minimum absolute atomic E-state index is 0.173. The molecule has 1 aliphatic rings. The van der Waals surface area contributed by atoms with Crippen molar-refractivity contribution in [3.63, 3.8) is 0 Å². The summed E-state index contributed by atoms with van der Waals surface area (Å²) in [5.41, 5.74) is 13.5. The van der Waals surface area contributed by atoms with E-state index in [1.54, 1.807) is 0 Å². The highest BCUT2D eigenvalue weighted by molar-refractivity contribution is 6.10. The van der Waals surface area contributed by atoms with Crippen LogP contribution in [0.4, 0.5) is 17.1 Å². The number of hydrogen-bond acceptors (Lipinski definition) is 1. The number of anilines is 3. The molecule has 0 bridgehead atoms. The van der Waals surface area contributed by atoms with Gasteiger partial charge < -0.3 is 4.90 Å². The molecule has 1 nitrogen and oxygen atoms in total. The normalized spacial score (nSPS) is 13.0. The molecule has 0 saturated carbocycles. The number of nitrogens with zero attached hydrogens (tertiary/aromatic N) is 1. The maximum absolute atomic E-state index is 2.45. The summed E-state index contributed by atoms with van der Waals surface area (Å²) in [7, 11) is 0. The second-order valence-corrected chi connectivity index (χ2v) is 14.6. The minimum atomic E-state index is -0.173. The van der Waals surface area contributed by atoms with Gasteiger partial charge in [-0.1, -0.05) is 159 Å². The van der Waals surface area contributed by atoms with E-state index in [0.29, 0.717) is 0 Å². The van der Waals surface area contributed by atoms with Crippen molar-refractivity contribution in [1.29, 1.82) is 0 Å². The molecule has 0 aromatic heterocycles. The highest BCUT2D eigenvalue weighted by Gasteiger charge is 2.35. The molecule has 0 radical (unpaired) electrons. The molecule has 0 amide bonds. The number of hydrogen-bond donors (Lipinski definition) is 0. The Balaban J connectivity index is 1.22. The van der Waals surface area contributed by atoms with Gasteiger partial charge in [0.25, 0.3) is 0 Å². The Labute approximate surface area is 305 Å². The monoisotopic (exact) mass is 663 g/mol. The standard InChI is InChI=1S/C51H37N/c1-51(2)47-30-28-44(52(43-27-23-36-14-7-9-16-40(36)32-43)42-25-21-37(22-26-42)34-11-4-3-5-12-34)33-46(47)50-45(29-24-38-17-10-18-48(51)49(38)50)41-20-19-35-13-6-8-15-39(35)31-41/h3-33H,1-2H3. The van der Waals surface area contributed by atoms with E-state index in [4.69, 9.17) is 0 Å². The van der Waals surface area contributed by atoms with Gasteiger partial charge in [-0.25, -0.2) is 0 Å². The average Bonchev–Trinajstić information content (AvgIpc) is 3.20. The van der Waals surface area contributed by atoms with Crippen LogP contribution in [0.1, 0.15) is 25.0 Å². The van der Waals surface area contributed by atoms with Gasteiger partial charge in [0.15, 0.2) is 0 Å². The molecule has 10 rings (SSSR count). The maximum Gasteiger partial charge on any atom is 0.0468 e. The minimum Gasteiger partial charge on any atom is -0.310 e. The molecule has 0 atom stereocenters. The Morgan fingerprint density at radius 1 is 0.346 bits per heavy atom. The van der Waals surface area contributed by atoms with E-state index in [2.05, 4.69) is 207 Å². The van der Waals surface area contributed by atoms with E-state index >= 15 is 0 Å². The van der Waals surface area contributed by atoms with Crippen molar-refractivity contribution in [2.45, 2.75) is 19.3 Å². The van der Waals surface area contributed by atoms with Crippen LogP contribution in [0.25, 0.3) is 65.7 Å². The van der Waals surface area contributed by atoms with Gasteiger partial charge >= 0.3 is 0 Å². The second kappa shape index (κ2) is 11.8. The van der Waals surface area contributed by atoms with Crippen molar-refractivity contribution in [3.05, 3.63) is 199 Å². The molecule has 1 aliphatic carbocycles. The van der Waals surface area contributed by atoms with Crippen LogP contribution in [0, 0.1) is 0 Å². The van der Waals surface area contributed by atoms with Crippen LogP contribution in [-0.4, -0.2) is 0 Å². The van der Waals surface area contributed by atoms with Crippen molar-refractivity contribution in [2.24, 2.45) is 0 Å². The highest BCUT2D eigenvalue weighted by Crippen LogP contribution is 2.53. The molecule has 246 valence electrons. The highest BCUT2D eigenvalue weighted by atomic mass is 15.1. The predicted molar refractivity (Wildman–Crippen MR) is 222 cm³/mol. The van der Waals surface area contributed by atoms with Gasteiger partial charge in [-0.15, -0.1) is 0 Å². The summed E-state index contributed by atoms with van der Waals surface area (Å²) in [5, 5.41) is 7.61. The van der Waals surface area contributed by atoms with E-state index in [-0.39, 0.29) is 5.41 Å². The van der Waals surface area contributed by atoms with Crippen molar-refractivity contribution >= 4 is 49.4 Å². The molecule has 0 fully saturated rings. The lowest BCUT2D eigenvalue weighted by molar-refractivity contribution is 0.645. The maximum atomic E-state index is 2.45. The second-order valence-electron chi connectivity index (χ2n) is 14.6. The molecule has 9 aromatic carbocycles. The smallest absolute Gasteiger partial charge is 0.0468 e. The van der Waals surface area contributed by atoms with Crippen molar-refractivity contribution in [3.8, 4) is 33.4 Å². The van der Waals surface area contributed by atoms with Crippen molar-refractivity contribution in [2.75, 3.05) is 4.90 Å². The lowest BCUT2D eigenvalue weighted by atomic mass is 9.67. The Kier molecular flexibility index (Phi) is 6.91. The lowest BCUT2D eigenvalue weighted by Gasteiger charge is -2.37. The first-order chi connectivity index (χ1) is 25.5. The summed E-state index contributed by atoms with van der Waals surface area (Å²) in [4.78, 5) is 2.42. The van der Waals surface area contributed by atoms with Crippen LogP contribution in [0.3, 0.4) is 0 Å². The van der Waals surface area contributed by atoms with Crippen LogP contribution >= 0.6 is 0 Å². The Morgan fingerprint density at radius 2 is 0.904 bits per heavy atom. The van der Waals surface area contributed by atoms with Gasteiger partial charge in [-0.2, -0.15) is 0 Å². The summed E-state index contributed by atoms with van der Waals surface area (Å²) < 4.78 is 0. The Hall–Kier alpha value is -6.44. The fourth-order valence-corrected chi connectivity index (χ4v) is 8.54. The van der Waals surface area contributed by atoms with Gasteiger partial charge in [0.2, 0.25) is 0 Å². The molecule has 52 heavy (non-hydrogen) atoms. The van der Waals surface area contributed by atoms with E-state index in [1.165, 1.54) is 76.8 Å². The summed E-state index contributed by atoms with van der Waals surface area (Å²) >= 11 is 0. The zero-order chi connectivity index (χ0) is 34.8. The van der Waals surface area contributed by atoms with Crippen LogP contribution in [0.5, 0.6) is 0 Å². The predicted octanol–water partition coefficient (Wildman–Crippen LogP) is 14.3. The molecule has 0 heterocycles. The van der Waals surface area contributed by atoms with Crippen LogP contribution in [0.15, 0.2) is 188 Å². The first kappa shape index (κ1) is 30.4. The molecule has 0 saturated heterocycles. The molecule has 0 aliphatic heterocycles. The van der Waals surface area contributed by atoms with Crippen LogP contribution in [0.2, 0.25) is 0 Å². The van der Waals surface area contributed by atoms with Gasteiger partial charge in [0.1, 0.15) is 0 Å². The van der Waals surface area contributed by atoms with E-state index < -0.39 is 0 Å². The SMILES string of the molecule is CC1(C)c2ccc(N(c3ccc(-c4ccccc4)cc3)c3ccc4ccccc4c3)cc2-c2c(-c3ccc4ccccc4c3)ccc3cccc1c23. The van der Waals surface area contributed by atoms with Gasteiger partial charge in [-0.05, 0) is 119 Å². The lowest BCUT2D eigenvalue weighted by Crippen LogP contribution is -2.24. The summed E-state index contributed by atoms with van der Waals surface area (Å²) in [5.74, 6) is 0. The first-order valence-corrected chi connectivity index (χ1v) is 18.2. The fraction of sp³-hybridized carbons (Fsp3) is 0.0588. The van der Waals surface area contributed by atoms with Crippen LogP contribution in [-0.2, 0) is 5.41 Å². The quantitative estimate of drug-likeness (QED) is 0.177. The van der Waals surface area contributed by atoms with E-state index in [0.717, 1.165) is 17.1 Å². The fourth-order valence-electron chi connectivity index (χ4n) is 8.54. The van der Waals surface area contributed by atoms with Crippen molar-refractivity contribution in [1.82, 2.24) is 0 Å². The Morgan fingerprint density at radius 3 is 1.67 bits per heavy atom. The van der Waals surface area contributed by atoms with Gasteiger partial charge in [0, 0.05) is 22.5 Å². The molecular weight excluding hydrogens is 627 g/mol.